The number of fused-ring (bicyclic) bond motifs is 1. The van der Waals surface area contributed by atoms with Crippen molar-refractivity contribution >= 4 is 27.6 Å². The van der Waals surface area contributed by atoms with Gasteiger partial charge in [-0.05, 0) is 30.9 Å². The molecule has 2 N–H and O–H groups in total. The minimum absolute atomic E-state index is 0.442. The highest BCUT2D eigenvalue weighted by Gasteiger charge is 2.14. The molecular weight excluding hydrogens is 234 g/mol. The smallest absolute Gasteiger partial charge is 0.149 e. The first-order valence-electron chi connectivity index (χ1n) is 5.61. The lowest BCUT2D eigenvalue weighted by Crippen LogP contribution is -2.29. The third kappa shape index (κ3) is 2.37. The van der Waals surface area contributed by atoms with Crippen LogP contribution in [0.25, 0.3) is 10.2 Å². The molecule has 2 aromatic rings. The molecule has 0 amide bonds. The standard InChI is InChI=1S/C11H17N5S/c1-7(4-12)5-16(3)10-9-8(2)15-17-11(9)14-6-13-10/h6-7H,4-5,12H2,1-3H3. The molecule has 17 heavy (non-hydrogen) atoms. The second-order valence-electron chi connectivity index (χ2n) is 4.37. The van der Waals surface area contributed by atoms with Crippen molar-refractivity contribution in [2.75, 3.05) is 25.0 Å². The maximum Gasteiger partial charge on any atom is 0.149 e. The minimum Gasteiger partial charge on any atom is -0.359 e. The average Bonchev–Trinajstić information content (AvgIpc) is 2.71. The topological polar surface area (TPSA) is 67.9 Å². The Bertz CT molecular complexity index is 510. The number of hydrogen-bond acceptors (Lipinski definition) is 6. The normalized spacial score (nSPS) is 12.9. The summed E-state index contributed by atoms with van der Waals surface area (Å²) >= 11 is 1.42. The van der Waals surface area contributed by atoms with Crippen molar-refractivity contribution in [3.05, 3.63) is 12.0 Å². The summed E-state index contributed by atoms with van der Waals surface area (Å²) in [6.45, 7) is 5.69. The molecule has 0 radical (unpaired) electrons. The van der Waals surface area contributed by atoms with E-state index in [0.29, 0.717) is 12.5 Å². The lowest BCUT2D eigenvalue weighted by Gasteiger charge is -2.22. The van der Waals surface area contributed by atoms with Crippen LogP contribution in [0.5, 0.6) is 0 Å². The molecule has 0 saturated carbocycles. The summed E-state index contributed by atoms with van der Waals surface area (Å²) in [5, 5.41) is 1.06. The molecule has 92 valence electrons. The van der Waals surface area contributed by atoms with Crippen LogP contribution < -0.4 is 10.6 Å². The number of anilines is 1. The number of nitrogens with zero attached hydrogens (tertiary/aromatic N) is 4. The van der Waals surface area contributed by atoms with Crippen molar-refractivity contribution in [2.45, 2.75) is 13.8 Å². The Morgan fingerprint density at radius 1 is 1.47 bits per heavy atom. The van der Waals surface area contributed by atoms with E-state index >= 15 is 0 Å². The fourth-order valence-corrected chi connectivity index (χ4v) is 2.56. The predicted molar refractivity (Wildman–Crippen MR) is 71.4 cm³/mol. The van der Waals surface area contributed by atoms with E-state index in [2.05, 4.69) is 26.2 Å². The highest BCUT2D eigenvalue weighted by Crippen LogP contribution is 2.27. The number of aryl methyl sites for hydroxylation is 1. The van der Waals surface area contributed by atoms with Gasteiger partial charge < -0.3 is 10.6 Å². The van der Waals surface area contributed by atoms with Gasteiger partial charge in [0.2, 0.25) is 0 Å². The van der Waals surface area contributed by atoms with Crippen LogP contribution >= 0.6 is 11.5 Å². The minimum atomic E-state index is 0.442. The summed E-state index contributed by atoms with van der Waals surface area (Å²) in [6, 6.07) is 0. The number of hydrogen-bond donors (Lipinski definition) is 1. The van der Waals surface area contributed by atoms with Gasteiger partial charge in [0.25, 0.3) is 0 Å². The van der Waals surface area contributed by atoms with Crippen molar-refractivity contribution in [1.82, 2.24) is 14.3 Å². The fraction of sp³-hybridized carbons (Fsp3) is 0.545. The SMILES string of the molecule is Cc1nsc2ncnc(N(C)CC(C)CN)c12. The summed E-state index contributed by atoms with van der Waals surface area (Å²) < 4.78 is 4.33. The molecule has 0 saturated heterocycles. The summed E-state index contributed by atoms with van der Waals surface area (Å²) in [5.74, 6) is 1.39. The van der Waals surface area contributed by atoms with E-state index in [9.17, 15) is 0 Å². The van der Waals surface area contributed by atoms with E-state index in [1.54, 1.807) is 6.33 Å². The van der Waals surface area contributed by atoms with Crippen molar-refractivity contribution < 1.29 is 0 Å². The Morgan fingerprint density at radius 2 is 2.24 bits per heavy atom. The molecule has 0 spiro atoms. The van der Waals surface area contributed by atoms with Gasteiger partial charge >= 0.3 is 0 Å². The Balaban J connectivity index is 2.37. The first kappa shape index (κ1) is 12.2. The van der Waals surface area contributed by atoms with E-state index in [0.717, 1.165) is 28.3 Å². The molecule has 0 aliphatic heterocycles. The van der Waals surface area contributed by atoms with E-state index in [1.165, 1.54) is 11.5 Å². The van der Waals surface area contributed by atoms with E-state index in [1.807, 2.05) is 14.0 Å². The van der Waals surface area contributed by atoms with Gasteiger partial charge in [0.1, 0.15) is 17.0 Å². The zero-order chi connectivity index (χ0) is 12.4. The fourth-order valence-electron chi connectivity index (χ4n) is 1.82. The van der Waals surface area contributed by atoms with Crippen molar-refractivity contribution in [3.8, 4) is 0 Å². The van der Waals surface area contributed by atoms with Crippen LogP contribution in [-0.4, -0.2) is 34.5 Å². The van der Waals surface area contributed by atoms with Crippen LogP contribution in [0.3, 0.4) is 0 Å². The molecule has 0 bridgehead atoms. The molecule has 0 aromatic carbocycles. The first-order chi connectivity index (χ1) is 8.13. The lowest BCUT2D eigenvalue weighted by molar-refractivity contribution is 0.588. The number of rotatable bonds is 4. The van der Waals surface area contributed by atoms with Gasteiger partial charge in [0.05, 0.1) is 11.1 Å². The molecule has 2 aromatic heterocycles. The van der Waals surface area contributed by atoms with Crippen LogP contribution in [0.1, 0.15) is 12.6 Å². The van der Waals surface area contributed by atoms with E-state index < -0.39 is 0 Å². The van der Waals surface area contributed by atoms with Crippen molar-refractivity contribution in [1.29, 1.82) is 0 Å². The van der Waals surface area contributed by atoms with Gasteiger partial charge in [-0.25, -0.2) is 9.97 Å². The second kappa shape index (κ2) is 4.93. The molecule has 6 heteroatoms. The molecule has 0 aliphatic rings. The molecule has 1 atom stereocenters. The molecule has 0 fully saturated rings. The maximum atomic E-state index is 5.65. The van der Waals surface area contributed by atoms with Gasteiger partial charge in [-0.15, -0.1) is 0 Å². The van der Waals surface area contributed by atoms with Gasteiger partial charge in [-0.2, -0.15) is 4.37 Å². The molecule has 2 heterocycles. The van der Waals surface area contributed by atoms with Crippen LogP contribution in [-0.2, 0) is 0 Å². The maximum absolute atomic E-state index is 5.65. The molecule has 1 unspecified atom stereocenters. The highest BCUT2D eigenvalue weighted by atomic mass is 32.1. The molecule has 5 nitrogen and oxygen atoms in total. The number of aromatic nitrogens is 3. The van der Waals surface area contributed by atoms with Crippen molar-refractivity contribution in [3.63, 3.8) is 0 Å². The largest absolute Gasteiger partial charge is 0.359 e. The third-order valence-corrected chi connectivity index (χ3v) is 3.62. The van der Waals surface area contributed by atoms with Crippen LogP contribution in [0.15, 0.2) is 6.33 Å². The van der Waals surface area contributed by atoms with Crippen molar-refractivity contribution in [2.24, 2.45) is 11.7 Å². The predicted octanol–water partition coefficient (Wildman–Crippen LogP) is 1.43. The highest BCUT2D eigenvalue weighted by molar-refractivity contribution is 7.13. The molecule has 0 aliphatic carbocycles. The van der Waals surface area contributed by atoms with Crippen LogP contribution in [0.4, 0.5) is 5.82 Å². The summed E-state index contributed by atoms with van der Waals surface area (Å²) in [5.41, 5.74) is 6.64. The summed E-state index contributed by atoms with van der Waals surface area (Å²) in [4.78, 5) is 11.7. The zero-order valence-corrected chi connectivity index (χ0v) is 11.2. The van der Waals surface area contributed by atoms with Crippen LogP contribution in [0, 0.1) is 12.8 Å². The van der Waals surface area contributed by atoms with E-state index in [4.69, 9.17) is 5.73 Å². The van der Waals surface area contributed by atoms with Gasteiger partial charge in [-0.3, -0.25) is 0 Å². The summed E-state index contributed by atoms with van der Waals surface area (Å²) in [6.07, 6.45) is 1.60. The zero-order valence-electron chi connectivity index (χ0n) is 10.3. The lowest BCUT2D eigenvalue weighted by atomic mass is 10.1. The quantitative estimate of drug-likeness (QED) is 0.890. The number of nitrogens with two attached hydrogens (primary N) is 1. The third-order valence-electron chi connectivity index (χ3n) is 2.77. The van der Waals surface area contributed by atoms with E-state index in [-0.39, 0.29) is 0 Å². The first-order valence-corrected chi connectivity index (χ1v) is 6.39. The second-order valence-corrected chi connectivity index (χ2v) is 5.12. The Hall–Kier alpha value is -1.27. The Kier molecular flexibility index (Phi) is 3.54. The average molecular weight is 251 g/mol. The Labute approximate surface area is 105 Å². The van der Waals surface area contributed by atoms with Gasteiger partial charge in [0.15, 0.2) is 0 Å². The summed E-state index contributed by atoms with van der Waals surface area (Å²) in [7, 11) is 2.03. The monoisotopic (exact) mass is 251 g/mol. The molecular formula is C11H17N5S. The van der Waals surface area contributed by atoms with Gasteiger partial charge in [0, 0.05) is 13.6 Å². The van der Waals surface area contributed by atoms with Gasteiger partial charge in [-0.1, -0.05) is 6.92 Å². The Morgan fingerprint density at radius 3 is 2.94 bits per heavy atom. The van der Waals surface area contributed by atoms with Crippen LogP contribution in [0.2, 0.25) is 0 Å². The molecule has 2 rings (SSSR count).